The number of ether oxygens (including phenoxy) is 2. The number of amides is 1. The van der Waals surface area contributed by atoms with Gasteiger partial charge in [-0.05, 0) is 26.0 Å². The second-order valence-corrected chi connectivity index (χ2v) is 4.44. The highest BCUT2D eigenvalue weighted by Gasteiger charge is 2.22. The minimum Gasteiger partial charge on any atom is -0.488 e. The molecule has 1 aliphatic rings. The molecule has 0 aromatic heterocycles. The van der Waals surface area contributed by atoms with E-state index in [9.17, 15) is 9.59 Å². The Morgan fingerprint density at radius 1 is 1.40 bits per heavy atom. The third-order valence-electron chi connectivity index (χ3n) is 2.90. The van der Waals surface area contributed by atoms with Crippen LogP contribution in [-0.2, 0) is 14.3 Å². The van der Waals surface area contributed by atoms with Crippen LogP contribution in [0.2, 0.25) is 0 Å². The molecule has 106 valence electrons. The maximum Gasteiger partial charge on any atom is 0.338 e. The third-order valence-corrected chi connectivity index (χ3v) is 2.90. The van der Waals surface area contributed by atoms with Gasteiger partial charge in [0.15, 0.2) is 6.10 Å². The van der Waals surface area contributed by atoms with Crippen molar-refractivity contribution in [2.75, 3.05) is 13.2 Å². The van der Waals surface area contributed by atoms with E-state index in [1.165, 1.54) is 0 Å². The van der Waals surface area contributed by atoms with E-state index in [4.69, 9.17) is 9.47 Å². The Hall–Kier alpha value is -2.30. The van der Waals surface area contributed by atoms with Gasteiger partial charge < -0.3 is 14.8 Å². The van der Waals surface area contributed by atoms with Crippen LogP contribution in [0.1, 0.15) is 19.4 Å². The van der Waals surface area contributed by atoms with Gasteiger partial charge in [0.05, 0.1) is 5.57 Å². The van der Waals surface area contributed by atoms with Gasteiger partial charge in [-0.1, -0.05) is 18.2 Å². The third kappa shape index (κ3) is 3.17. The Morgan fingerprint density at radius 3 is 2.90 bits per heavy atom. The largest absolute Gasteiger partial charge is 0.488 e. The molecule has 0 spiro atoms. The lowest BCUT2D eigenvalue weighted by molar-refractivity contribution is -0.151. The summed E-state index contributed by atoms with van der Waals surface area (Å²) < 4.78 is 10.6. The van der Waals surface area contributed by atoms with Crippen LogP contribution in [-0.4, -0.2) is 31.1 Å². The molecule has 0 saturated carbocycles. The Bertz CT molecular complexity index is 551. The Labute approximate surface area is 117 Å². The van der Waals surface area contributed by atoms with Crippen LogP contribution >= 0.6 is 0 Å². The monoisotopic (exact) mass is 275 g/mol. The molecule has 1 amide bonds. The maximum atomic E-state index is 12.0. The highest BCUT2D eigenvalue weighted by Crippen LogP contribution is 2.26. The number of nitrogens with one attached hydrogen (secondary N) is 1. The van der Waals surface area contributed by atoms with Gasteiger partial charge in [0, 0.05) is 12.1 Å². The molecule has 2 rings (SSSR count). The number of benzene rings is 1. The normalized spacial score (nSPS) is 14.4. The van der Waals surface area contributed by atoms with E-state index in [0.717, 1.165) is 11.3 Å². The van der Waals surface area contributed by atoms with Crippen LogP contribution in [0.15, 0.2) is 29.8 Å². The van der Waals surface area contributed by atoms with Crippen LogP contribution in [0.25, 0.3) is 6.08 Å². The van der Waals surface area contributed by atoms with Crippen molar-refractivity contribution in [1.82, 2.24) is 5.32 Å². The molecule has 1 aromatic carbocycles. The zero-order valence-electron chi connectivity index (χ0n) is 11.5. The van der Waals surface area contributed by atoms with E-state index in [1.807, 2.05) is 24.3 Å². The predicted molar refractivity (Wildman–Crippen MR) is 74.2 cm³/mol. The molecule has 20 heavy (non-hydrogen) atoms. The average Bonchev–Trinajstić information content (AvgIpc) is 2.46. The second-order valence-electron chi connectivity index (χ2n) is 4.44. The molecule has 0 fully saturated rings. The number of hydrogen-bond acceptors (Lipinski definition) is 4. The molecular weight excluding hydrogens is 258 g/mol. The highest BCUT2D eigenvalue weighted by molar-refractivity contribution is 5.96. The van der Waals surface area contributed by atoms with E-state index in [0.29, 0.717) is 12.1 Å². The molecular formula is C15H17NO4. The van der Waals surface area contributed by atoms with Crippen molar-refractivity contribution in [2.24, 2.45) is 0 Å². The summed E-state index contributed by atoms with van der Waals surface area (Å²) in [5.74, 6) is -0.0994. The first kappa shape index (κ1) is 14.1. The minimum absolute atomic E-state index is 0.151. The number of rotatable bonds is 4. The molecule has 1 atom stereocenters. The summed E-state index contributed by atoms with van der Waals surface area (Å²) in [4.78, 5) is 23.5. The number of fused-ring (bicyclic) bond motifs is 1. The van der Waals surface area contributed by atoms with Crippen LogP contribution in [0.3, 0.4) is 0 Å². The summed E-state index contributed by atoms with van der Waals surface area (Å²) in [6.07, 6.45) is 0.909. The van der Waals surface area contributed by atoms with Gasteiger partial charge in [-0.3, -0.25) is 4.79 Å². The standard InChI is InChI=1S/C15H17NO4/c1-3-16-14(17)10(2)20-15(18)12-8-11-6-4-5-7-13(11)19-9-12/h4-8,10H,3,9H2,1-2H3,(H,16,17)/t10-/m0/s1. The molecule has 5 heteroatoms. The Morgan fingerprint density at radius 2 is 2.15 bits per heavy atom. The molecule has 1 N–H and O–H groups in total. The highest BCUT2D eigenvalue weighted by atomic mass is 16.6. The number of para-hydroxylation sites is 1. The van der Waals surface area contributed by atoms with E-state index in [-0.39, 0.29) is 12.5 Å². The lowest BCUT2D eigenvalue weighted by atomic mass is 10.1. The summed E-state index contributed by atoms with van der Waals surface area (Å²) in [6, 6.07) is 7.43. The zero-order valence-corrected chi connectivity index (χ0v) is 11.5. The van der Waals surface area contributed by atoms with E-state index < -0.39 is 12.1 Å². The maximum absolute atomic E-state index is 12.0. The summed E-state index contributed by atoms with van der Waals surface area (Å²) >= 11 is 0. The number of esters is 1. The summed E-state index contributed by atoms with van der Waals surface area (Å²) in [5.41, 5.74) is 1.23. The first-order valence-electron chi connectivity index (χ1n) is 6.53. The van der Waals surface area contributed by atoms with Crippen molar-refractivity contribution in [2.45, 2.75) is 20.0 Å². The number of likely N-dealkylation sites (N-methyl/N-ethyl adjacent to an activating group) is 1. The molecule has 0 bridgehead atoms. The molecule has 0 unspecified atom stereocenters. The fourth-order valence-corrected chi connectivity index (χ4v) is 1.84. The molecule has 1 aromatic rings. The molecule has 1 aliphatic heterocycles. The smallest absolute Gasteiger partial charge is 0.338 e. The average molecular weight is 275 g/mol. The molecule has 0 aliphatic carbocycles. The quantitative estimate of drug-likeness (QED) is 0.846. The summed E-state index contributed by atoms with van der Waals surface area (Å²) in [6.45, 7) is 4.00. The van der Waals surface area contributed by atoms with Gasteiger partial charge in [-0.25, -0.2) is 4.79 Å². The summed E-state index contributed by atoms with van der Waals surface area (Å²) in [5, 5.41) is 2.60. The molecule has 1 heterocycles. The van der Waals surface area contributed by atoms with E-state index in [2.05, 4.69) is 5.32 Å². The van der Waals surface area contributed by atoms with Crippen molar-refractivity contribution in [1.29, 1.82) is 0 Å². The first-order valence-corrected chi connectivity index (χ1v) is 6.53. The van der Waals surface area contributed by atoms with Gasteiger partial charge >= 0.3 is 5.97 Å². The van der Waals surface area contributed by atoms with Crippen molar-refractivity contribution in [3.05, 3.63) is 35.4 Å². The van der Waals surface area contributed by atoms with Gasteiger partial charge in [-0.2, -0.15) is 0 Å². The second kappa shape index (κ2) is 6.23. The van der Waals surface area contributed by atoms with Crippen molar-refractivity contribution in [3.63, 3.8) is 0 Å². The van der Waals surface area contributed by atoms with Crippen molar-refractivity contribution in [3.8, 4) is 5.75 Å². The Balaban J connectivity index is 2.04. The predicted octanol–water partition coefficient (Wildman–Crippen LogP) is 1.53. The minimum atomic E-state index is -0.819. The fourth-order valence-electron chi connectivity index (χ4n) is 1.84. The molecule has 0 saturated heterocycles. The van der Waals surface area contributed by atoms with Gasteiger partial charge in [0.1, 0.15) is 12.4 Å². The van der Waals surface area contributed by atoms with Gasteiger partial charge in [0.2, 0.25) is 0 Å². The fraction of sp³-hybridized carbons (Fsp3) is 0.333. The van der Waals surface area contributed by atoms with Gasteiger partial charge in [-0.15, -0.1) is 0 Å². The van der Waals surface area contributed by atoms with Gasteiger partial charge in [0.25, 0.3) is 5.91 Å². The van der Waals surface area contributed by atoms with Crippen LogP contribution in [0.5, 0.6) is 5.75 Å². The lowest BCUT2D eigenvalue weighted by Gasteiger charge is -2.18. The topological polar surface area (TPSA) is 64.6 Å². The lowest BCUT2D eigenvalue weighted by Crippen LogP contribution is -2.36. The van der Waals surface area contributed by atoms with Crippen LogP contribution in [0.4, 0.5) is 0 Å². The SMILES string of the molecule is CCNC(=O)[C@H](C)OC(=O)C1=Cc2ccccc2OC1. The molecule has 5 nitrogen and oxygen atoms in total. The van der Waals surface area contributed by atoms with Crippen molar-refractivity contribution < 1.29 is 19.1 Å². The van der Waals surface area contributed by atoms with Crippen LogP contribution in [0, 0.1) is 0 Å². The zero-order chi connectivity index (χ0) is 14.5. The first-order chi connectivity index (χ1) is 9.61. The molecule has 0 radical (unpaired) electrons. The number of carbonyl (C=O) groups is 2. The van der Waals surface area contributed by atoms with Crippen LogP contribution < -0.4 is 10.1 Å². The Kier molecular flexibility index (Phi) is 4.40. The number of carbonyl (C=O) groups excluding carboxylic acids is 2. The van der Waals surface area contributed by atoms with Crippen molar-refractivity contribution >= 4 is 18.0 Å². The van der Waals surface area contributed by atoms with E-state index in [1.54, 1.807) is 19.9 Å². The van der Waals surface area contributed by atoms with E-state index >= 15 is 0 Å². The summed E-state index contributed by atoms with van der Waals surface area (Å²) in [7, 11) is 0. The number of hydrogen-bond donors (Lipinski definition) is 1.